The van der Waals surface area contributed by atoms with Crippen molar-refractivity contribution >= 4 is 41.9 Å². The SMILES string of the molecule is CCOC(=O)N1CCC(NC(=NC)NCCNC(=O)c2ccc(OC)cc2)CC1.I. The number of halogens is 1. The van der Waals surface area contributed by atoms with Gasteiger partial charge in [0.2, 0.25) is 0 Å². The minimum Gasteiger partial charge on any atom is -0.497 e. The molecule has 0 unspecified atom stereocenters. The summed E-state index contributed by atoms with van der Waals surface area (Å²) in [4.78, 5) is 29.8. The predicted molar refractivity (Wildman–Crippen MR) is 127 cm³/mol. The topological polar surface area (TPSA) is 104 Å². The number of hydrogen-bond acceptors (Lipinski definition) is 5. The zero-order chi connectivity index (χ0) is 21.1. The molecule has 0 aliphatic carbocycles. The van der Waals surface area contributed by atoms with Crippen LogP contribution in [0.3, 0.4) is 0 Å². The van der Waals surface area contributed by atoms with Crippen molar-refractivity contribution in [1.29, 1.82) is 0 Å². The molecule has 30 heavy (non-hydrogen) atoms. The van der Waals surface area contributed by atoms with Crippen LogP contribution in [-0.2, 0) is 4.74 Å². The highest BCUT2D eigenvalue weighted by Gasteiger charge is 2.23. The second kappa shape index (κ2) is 13.9. The lowest BCUT2D eigenvalue weighted by Crippen LogP contribution is -2.50. The Morgan fingerprint density at radius 3 is 2.33 bits per heavy atom. The van der Waals surface area contributed by atoms with Crippen molar-refractivity contribution < 1.29 is 19.1 Å². The summed E-state index contributed by atoms with van der Waals surface area (Å²) in [6.07, 6.45) is 1.41. The molecule has 0 saturated carbocycles. The van der Waals surface area contributed by atoms with Gasteiger partial charge in [-0.05, 0) is 44.0 Å². The molecule has 1 aromatic carbocycles. The van der Waals surface area contributed by atoms with Gasteiger partial charge in [0.25, 0.3) is 5.91 Å². The molecule has 0 atom stereocenters. The Bertz CT molecular complexity index is 691. The number of likely N-dealkylation sites (tertiary alicyclic amines) is 1. The zero-order valence-corrected chi connectivity index (χ0v) is 20.1. The van der Waals surface area contributed by atoms with Crippen LogP contribution in [0.4, 0.5) is 4.79 Å². The van der Waals surface area contributed by atoms with Crippen LogP contribution in [0.5, 0.6) is 5.75 Å². The molecule has 9 nitrogen and oxygen atoms in total. The molecule has 0 aromatic heterocycles. The first-order valence-electron chi connectivity index (χ1n) is 9.88. The minimum atomic E-state index is -0.249. The number of carbonyl (C=O) groups excluding carboxylic acids is 2. The fourth-order valence-electron chi connectivity index (χ4n) is 3.01. The number of piperidine rings is 1. The minimum absolute atomic E-state index is 0. The second-order valence-electron chi connectivity index (χ2n) is 6.59. The molecule has 1 aliphatic rings. The maximum absolute atomic E-state index is 12.1. The number of nitrogens with one attached hydrogen (secondary N) is 3. The van der Waals surface area contributed by atoms with E-state index in [-0.39, 0.29) is 42.0 Å². The van der Waals surface area contributed by atoms with Crippen molar-refractivity contribution in [2.75, 3.05) is 46.9 Å². The summed E-state index contributed by atoms with van der Waals surface area (Å²) in [5, 5.41) is 9.42. The van der Waals surface area contributed by atoms with E-state index < -0.39 is 0 Å². The van der Waals surface area contributed by atoms with Crippen molar-refractivity contribution in [2.24, 2.45) is 4.99 Å². The Morgan fingerprint density at radius 1 is 1.13 bits per heavy atom. The maximum atomic E-state index is 12.1. The highest BCUT2D eigenvalue weighted by molar-refractivity contribution is 14.0. The van der Waals surface area contributed by atoms with E-state index in [1.54, 1.807) is 50.2 Å². The normalized spacial score (nSPS) is 14.4. The van der Waals surface area contributed by atoms with Gasteiger partial charge in [0, 0.05) is 44.8 Å². The number of aliphatic imine (C=N–C) groups is 1. The standard InChI is InChI=1S/C20H31N5O4.HI/c1-4-29-20(27)25-13-9-16(10-14-25)24-19(21-2)23-12-11-22-18(26)15-5-7-17(28-3)8-6-15;/h5-8,16H,4,9-14H2,1-3H3,(H,22,26)(H2,21,23,24);1H. The first kappa shape index (κ1) is 25.8. The summed E-state index contributed by atoms with van der Waals surface area (Å²) in [6, 6.07) is 7.20. The lowest BCUT2D eigenvalue weighted by Gasteiger charge is -2.32. The number of ether oxygens (including phenoxy) is 2. The quantitative estimate of drug-likeness (QED) is 0.214. The van der Waals surface area contributed by atoms with Crippen LogP contribution in [0.1, 0.15) is 30.1 Å². The van der Waals surface area contributed by atoms with Gasteiger partial charge < -0.3 is 30.3 Å². The number of nitrogens with zero attached hydrogens (tertiary/aromatic N) is 2. The Morgan fingerprint density at radius 2 is 1.77 bits per heavy atom. The van der Waals surface area contributed by atoms with Crippen LogP contribution in [0.15, 0.2) is 29.3 Å². The van der Waals surface area contributed by atoms with Gasteiger partial charge in [0.15, 0.2) is 5.96 Å². The van der Waals surface area contributed by atoms with Gasteiger partial charge in [0.05, 0.1) is 13.7 Å². The molecule has 10 heteroatoms. The summed E-state index contributed by atoms with van der Waals surface area (Å²) < 4.78 is 10.1. The molecular formula is C20H32IN5O4. The molecule has 1 fully saturated rings. The zero-order valence-electron chi connectivity index (χ0n) is 17.8. The highest BCUT2D eigenvalue weighted by Crippen LogP contribution is 2.12. The van der Waals surface area contributed by atoms with E-state index in [0.717, 1.165) is 12.8 Å². The van der Waals surface area contributed by atoms with Crippen LogP contribution in [0.2, 0.25) is 0 Å². The number of carbonyl (C=O) groups is 2. The molecule has 0 bridgehead atoms. The third-order valence-electron chi connectivity index (χ3n) is 4.64. The van der Waals surface area contributed by atoms with Crippen molar-refractivity contribution in [2.45, 2.75) is 25.8 Å². The van der Waals surface area contributed by atoms with E-state index in [4.69, 9.17) is 9.47 Å². The number of benzene rings is 1. The molecule has 1 aliphatic heterocycles. The molecule has 1 saturated heterocycles. The predicted octanol–water partition coefficient (Wildman–Crippen LogP) is 1.83. The summed E-state index contributed by atoms with van der Waals surface area (Å²) in [6.45, 7) is 4.52. The van der Waals surface area contributed by atoms with Crippen molar-refractivity contribution in [3.8, 4) is 5.75 Å². The van der Waals surface area contributed by atoms with Crippen LogP contribution in [0.25, 0.3) is 0 Å². The number of guanidine groups is 1. The molecule has 1 heterocycles. The monoisotopic (exact) mass is 533 g/mol. The lowest BCUT2D eigenvalue weighted by atomic mass is 10.1. The third-order valence-corrected chi connectivity index (χ3v) is 4.64. The largest absolute Gasteiger partial charge is 0.497 e. The highest BCUT2D eigenvalue weighted by atomic mass is 127. The summed E-state index contributed by atoms with van der Waals surface area (Å²) >= 11 is 0. The Labute approximate surface area is 195 Å². The smallest absolute Gasteiger partial charge is 0.409 e. The van der Waals surface area contributed by atoms with E-state index in [1.807, 2.05) is 0 Å². The maximum Gasteiger partial charge on any atom is 0.409 e. The average Bonchev–Trinajstić information content (AvgIpc) is 2.76. The summed E-state index contributed by atoms with van der Waals surface area (Å²) in [5.74, 6) is 1.26. The summed E-state index contributed by atoms with van der Waals surface area (Å²) in [5.41, 5.74) is 0.585. The number of amides is 2. The van der Waals surface area contributed by atoms with E-state index in [9.17, 15) is 9.59 Å². The molecule has 2 amide bonds. The Hall–Kier alpha value is -2.24. The molecule has 1 aromatic rings. The number of rotatable bonds is 7. The summed E-state index contributed by atoms with van der Waals surface area (Å²) in [7, 11) is 3.30. The first-order valence-corrected chi connectivity index (χ1v) is 9.88. The van der Waals surface area contributed by atoms with Crippen LogP contribution in [-0.4, -0.2) is 75.8 Å². The lowest BCUT2D eigenvalue weighted by molar-refractivity contribution is 0.0948. The van der Waals surface area contributed by atoms with Crippen LogP contribution in [0, 0.1) is 0 Å². The van der Waals surface area contributed by atoms with Gasteiger partial charge >= 0.3 is 6.09 Å². The Balaban J connectivity index is 0.00000450. The van der Waals surface area contributed by atoms with Gasteiger partial charge in [-0.2, -0.15) is 0 Å². The Kier molecular flexibility index (Phi) is 11.9. The molecule has 2 rings (SSSR count). The van der Waals surface area contributed by atoms with Gasteiger partial charge in [-0.3, -0.25) is 9.79 Å². The van der Waals surface area contributed by atoms with Gasteiger partial charge in [-0.25, -0.2) is 4.79 Å². The average molecular weight is 533 g/mol. The number of hydrogen-bond donors (Lipinski definition) is 3. The fraction of sp³-hybridized carbons (Fsp3) is 0.550. The van der Waals surface area contributed by atoms with Gasteiger partial charge in [-0.1, -0.05) is 0 Å². The fourth-order valence-corrected chi connectivity index (χ4v) is 3.01. The number of methoxy groups -OCH3 is 1. The van der Waals surface area contributed by atoms with Gasteiger partial charge in [0.1, 0.15) is 5.75 Å². The molecule has 0 spiro atoms. The molecule has 3 N–H and O–H groups in total. The first-order chi connectivity index (χ1) is 14.1. The van der Waals surface area contributed by atoms with Crippen molar-refractivity contribution in [3.63, 3.8) is 0 Å². The van der Waals surface area contributed by atoms with Crippen LogP contribution < -0.4 is 20.7 Å². The third kappa shape index (κ3) is 8.25. The second-order valence-corrected chi connectivity index (χ2v) is 6.59. The van der Waals surface area contributed by atoms with Gasteiger partial charge in [-0.15, -0.1) is 24.0 Å². The molecular weight excluding hydrogens is 501 g/mol. The van der Waals surface area contributed by atoms with E-state index in [2.05, 4.69) is 20.9 Å². The molecule has 0 radical (unpaired) electrons. The van der Waals surface area contributed by atoms with Crippen molar-refractivity contribution in [1.82, 2.24) is 20.9 Å². The van der Waals surface area contributed by atoms with E-state index in [0.29, 0.717) is 50.1 Å². The molecule has 168 valence electrons. The van der Waals surface area contributed by atoms with Crippen molar-refractivity contribution in [3.05, 3.63) is 29.8 Å². The van der Waals surface area contributed by atoms with E-state index >= 15 is 0 Å². The van der Waals surface area contributed by atoms with E-state index in [1.165, 1.54) is 0 Å². The van der Waals surface area contributed by atoms with Crippen LogP contribution >= 0.6 is 24.0 Å².